The summed E-state index contributed by atoms with van der Waals surface area (Å²) in [6.07, 6.45) is 0.981. The summed E-state index contributed by atoms with van der Waals surface area (Å²) in [5.74, 6) is 0. The molecule has 114 valence electrons. The SMILES string of the molecule is c1ccc(Cc2cccc3cc4c(cc23)sc2ccccc24)cc1. The van der Waals surface area contributed by atoms with Gasteiger partial charge in [0.25, 0.3) is 0 Å². The van der Waals surface area contributed by atoms with Gasteiger partial charge in [-0.05, 0) is 46.5 Å². The van der Waals surface area contributed by atoms with Gasteiger partial charge < -0.3 is 0 Å². The lowest BCUT2D eigenvalue weighted by atomic mass is 9.97. The van der Waals surface area contributed by atoms with E-state index in [4.69, 9.17) is 0 Å². The van der Waals surface area contributed by atoms with Crippen LogP contribution in [0, 0.1) is 0 Å². The highest BCUT2D eigenvalue weighted by atomic mass is 32.1. The summed E-state index contributed by atoms with van der Waals surface area (Å²) in [6.45, 7) is 0. The van der Waals surface area contributed by atoms with Crippen molar-refractivity contribution in [2.75, 3.05) is 0 Å². The van der Waals surface area contributed by atoms with Crippen molar-refractivity contribution in [1.82, 2.24) is 0 Å². The molecule has 0 nitrogen and oxygen atoms in total. The molecule has 0 fully saturated rings. The summed E-state index contributed by atoms with van der Waals surface area (Å²) in [4.78, 5) is 0. The Labute approximate surface area is 145 Å². The molecule has 0 N–H and O–H groups in total. The fraction of sp³-hybridized carbons (Fsp3) is 0.0435. The zero-order valence-corrected chi connectivity index (χ0v) is 14.0. The lowest BCUT2D eigenvalue weighted by molar-refractivity contribution is 1.21. The van der Waals surface area contributed by atoms with Crippen LogP contribution in [-0.4, -0.2) is 0 Å². The summed E-state index contributed by atoms with van der Waals surface area (Å²) >= 11 is 1.89. The van der Waals surface area contributed by atoms with Crippen LogP contribution in [0.15, 0.2) is 84.9 Å². The van der Waals surface area contributed by atoms with Gasteiger partial charge in [0.15, 0.2) is 0 Å². The Morgan fingerprint density at radius 1 is 0.583 bits per heavy atom. The molecule has 5 rings (SSSR count). The molecule has 1 aromatic heterocycles. The fourth-order valence-electron chi connectivity index (χ4n) is 3.53. The van der Waals surface area contributed by atoms with Crippen LogP contribution in [0.5, 0.6) is 0 Å². The van der Waals surface area contributed by atoms with Crippen molar-refractivity contribution in [3.05, 3.63) is 96.1 Å². The third-order valence-corrected chi connectivity index (χ3v) is 5.84. The molecule has 0 aliphatic heterocycles. The molecule has 4 aromatic carbocycles. The third kappa shape index (κ3) is 2.21. The maximum Gasteiger partial charge on any atom is 0.0361 e. The van der Waals surface area contributed by atoms with Gasteiger partial charge in [0.1, 0.15) is 0 Å². The van der Waals surface area contributed by atoms with E-state index in [0.717, 1.165) is 6.42 Å². The van der Waals surface area contributed by atoms with Crippen molar-refractivity contribution < 1.29 is 0 Å². The lowest BCUT2D eigenvalue weighted by Gasteiger charge is -2.07. The molecular formula is C23H16S. The third-order valence-electron chi connectivity index (χ3n) is 4.71. The standard InChI is InChI=1S/C23H16S/c1-2-7-16(8-3-1)13-17-9-6-10-18-14-21-19-11-4-5-12-22(19)24-23(21)15-20(17)18/h1-12,14-15H,13H2. The van der Waals surface area contributed by atoms with E-state index < -0.39 is 0 Å². The number of benzene rings is 4. The van der Waals surface area contributed by atoms with E-state index >= 15 is 0 Å². The Kier molecular flexibility index (Phi) is 3.14. The second kappa shape index (κ2) is 5.47. The second-order valence-electron chi connectivity index (χ2n) is 6.25. The molecule has 0 bridgehead atoms. The minimum atomic E-state index is 0.981. The fourth-order valence-corrected chi connectivity index (χ4v) is 4.66. The molecule has 0 radical (unpaired) electrons. The molecule has 0 saturated heterocycles. The molecule has 0 aliphatic rings. The van der Waals surface area contributed by atoms with Crippen molar-refractivity contribution in [2.24, 2.45) is 0 Å². The van der Waals surface area contributed by atoms with Gasteiger partial charge in [0, 0.05) is 20.2 Å². The van der Waals surface area contributed by atoms with Crippen LogP contribution in [0.3, 0.4) is 0 Å². The quantitative estimate of drug-likeness (QED) is 0.335. The van der Waals surface area contributed by atoms with Gasteiger partial charge in [-0.2, -0.15) is 0 Å². The van der Waals surface area contributed by atoms with Gasteiger partial charge in [-0.15, -0.1) is 11.3 Å². The first kappa shape index (κ1) is 13.8. The van der Waals surface area contributed by atoms with Crippen LogP contribution >= 0.6 is 11.3 Å². The minimum Gasteiger partial charge on any atom is -0.135 e. The van der Waals surface area contributed by atoms with Gasteiger partial charge in [0.05, 0.1) is 0 Å². The van der Waals surface area contributed by atoms with Crippen LogP contribution in [0.1, 0.15) is 11.1 Å². The van der Waals surface area contributed by atoms with Gasteiger partial charge >= 0.3 is 0 Å². The molecule has 5 aromatic rings. The Balaban J connectivity index is 1.75. The Morgan fingerprint density at radius 2 is 1.42 bits per heavy atom. The van der Waals surface area contributed by atoms with Crippen LogP contribution in [0.4, 0.5) is 0 Å². The van der Waals surface area contributed by atoms with E-state index in [2.05, 4.69) is 84.9 Å². The van der Waals surface area contributed by atoms with Gasteiger partial charge in [0.2, 0.25) is 0 Å². The predicted octanol–water partition coefficient (Wildman–Crippen LogP) is 6.80. The Bertz CT molecular complexity index is 1170. The highest BCUT2D eigenvalue weighted by Crippen LogP contribution is 2.37. The molecule has 0 amide bonds. The summed E-state index contributed by atoms with van der Waals surface area (Å²) < 4.78 is 2.75. The van der Waals surface area contributed by atoms with Gasteiger partial charge in [-0.1, -0.05) is 66.7 Å². The van der Waals surface area contributed by atoms with E-state index in [0.29, 0.717) is 0 Å². The van der Waals surface area contributed by atoms with Gasteiger partial charge in [-0.3, -0.25) is 0 Å². The van der Waals surface area contributed by atoms with Crippen LogP contribution in [-0.2, 0) is 6.42 Å². The largest absolute Gasteiger partial charge is 0.135 e. The van der Waals surface area contributed by atoms with Crippen molar-refractivity contribution in [1.29, 1.82) is 0 Å². The smallest absolute Gasteiger partial charge is 0.0361 e. The van der Waals surface area contributed by atoms with E-state index in [1.54, 1.807) is 0 Å². The Morgan fingerprint density at radius 3 is 2.33 bits per heavy atom. The zero-order chi connectivity index (χ0) is 15.9. The van der Waals surface area contributed by atoms with Crippen molar-refractivity contribution >= 4 is 42.3 Å². The predicted molar refractivity (Wildman–Crippen MR) is 106 cm³/mol. The average molecular weight is 324 g/mol. The first-order valence-corrected chi connectivity index (χ1v) is 9.07. The minimum absolute atomic E-state index is 0.981. The van der Waals surface area contributed by atoms with Gasteiger partial charge in [-0.25, -0.2) is 0 Å². The maximum atomic E-state index is 2.38. The number of rotatable bonds is 2. The molecule has 0 saturated carbocycles. The first-order valence-electron chi connectivity index (χ1n) is 8.25. The summed E-state index contributed by atoms with van der Waals surface area (Å²) in [5, 5.41) is 5.45. The second-order valence-corrected chi connectivity index (χ2v) is 7.33. The summed E-state index contributed by atoms with van der Waals surface area (Å²) in [6, 6.07) is 30.8. The molecule has 0 aliphatic carbocycles. The maximum absolute atomic E-state index is 2.38. The number of hydrogen-bond acceptors (Lipinski definition) is 1. The first-order chi connectivity index (χ1) is 11.9. The van der Waals surface area contributed by atoms with Crippen LogP contribution < -0.4 is 0 Å². The summed E-state index contributed by atoms with van der Waals surface area (Å²) in [7, 11) is 0. The highest BCUT2D eigenvalue weighted by Gasteiger charge is 2.08. The Hall–Kier alpha value is -2.64. The molecule has 0 spiro atoms. The number of thiophene rings is 1. The normalized spacial score (nSPS) is 11.5. The molecule has 0 unspecified atom stereocenters. The lowest BCUT2D eigenvalue weighted by Crippen LogP contribution is -1.89. The molecule has 1 heterocycles. The number of fused-ring (bicyclic) bond motifs is 4. The monoisotopic (exact) mass is 324 g/mol. The van der Waals surface area contributed by atoms with E-state index in [-0.39, 0.29) is 0 Å². The van der Waals surface area contributed by atoms with Crippen molar-refractivity contribution in [2.45, 2.75) is 6.42 Å². The molecule has 1 heteroatoms. The van der Waals surface area contributed by atoms with Crippen molar-refractivity contribution in [3.8, 4) is 0 Å². The van der Waals surface area contributed by atoms with E-state index in [1.165, 1.54) is 42.1 Å². The number of hydrogen-bond donors (Lipinski definition) is 0. The van der Waals surface area contributed by atoms with E-state index in [1.807, 2.05) is 11.3 Å². The highest BCUT2D eigenvalue weighted by molar-refractivity contribution is 7.25. The molecule has 24 heavy (non-hydrogen) atoms. The van der Waals surface area contributed by atoms with Crippen LogP contribution in [0.25, 0.3) is 30.9 Å². The topological polar surface area (TPSA) is 0 Å². The zero-order valence-electron chi connectivity index (χ0n) is 13.2. The molecular weight excluding hydrogens is 308 g/mol. The van der Waals surface area contributed by atoms with Crippen LogP contribution in [0.2, 0.25) is 0 Å². The molecule has 0 atom stereocenters. The van der Waals surface area contributed by atoms with Crippen molar-refractivity contribution in [3.63, 3.8) is 0 Å². The summed E-state index contributed by atoms with van der Waals surface area (Å²) in [5.41, 5.74) is 2.76. The van der Waals surface area contributed by atoms with E-state index in [9.17, 15) is 0 Å². The average Bonchev–Trinajstić information content (AvgIpc) is 2.99.